The van der Waals surface area contributed by atoms with Crippen LogP contribution in [-0.2, 0) is 6.42 Å². The zero-order valence-electron chi connectivity index (χ0n) is 19.0. The molecule has 0 saturated carbocycles. The van der Waals surface area contributed by atoms with E-state index in [1.165, 1.54) is 0 Å². The molecule has 0 aliphatic carbocycles. The number of aromatic nitrogens is 5. The number of fused-ring (bicyclic) bond motifs is 1. The normalized spacial score (nSPS) is 11.7. The van der Waals surface area contributed by atoms with Crippen LogP contribution in [-0.4, -0.2) is 41.9 Å². The second-order valence-electron chi connectivity index (χ2n) is 8.53. The van der Waals surface area contributed by atoms with Crippen molar-refractivity contribution >= 4 is 17.2 Å². The van der Waals surface area contributed by atoms with Gasteiger partial charge >= 0.3 is 0 Å². The lowest BCUT2D eigenvalue weighted by Crippen LogP contribution is -2.28. The number of nitrogens with one attached hydrogen (secondary N) is 1. The molecule has 0 amide bonds. The lowest BCUT2D eigenvalue weighted by Gasteiger charge is -2.19. The Morgan fingerprint density at radius 2 is 1.88 bits per heavy atom. The Morgan fingerprint density at radius 1 is 1.06 bits per heavy atom. The summed E-state index contributed by atoms with van der Waals surface area (Å²) in [6.07, 6.45) is 4.38. The zero-order valence-corrected chi connectivity index (χ0v) is 19.0. The van der Waals surface area contributed by atoms with Crippen molar-refractivity contribution in [3.63, 3.8) is 0 Å². The molecule has 4 aromatic rings. The van der Waals surface area contributed by atoms with Gasteiger partial charge in [-0.2, -0.15) is 5.10 Å². The van der Waals surface area contributed by atoms with E-state index in [4.69, 9.17) is 4.74 Å². The van der Waals surface area contributed by atoms with Crippen molar-refractivity contribution in [1.29, 1.82) is 0 Å². The van der Waals surface area contributed by atoms with Crippen LogP contribution in [0.1, 0.15) is 38.0 Å². The molecule has 0 unspecified atom stereocenters. The van der Waals surface area contributed by atoms with E-state index in [0.29, 0.717) is 11.6 Å². The fourth-order valence-electron chi connectivity index (χ4n) is 3.35. The minimum Gasteiger partial charge on any atom is -0.488 e. The summed E-state index contributed by atoms with van der Waals surface area (Å²) < 4.78 is 7.69. The quantitative estimate of drug-likeness (QED) is 0.450. The molecule has 0 atom stereocenters. The average molecular weight is 433 g/mol. The average Bonchev–Trinajstić information content (AvgIpc) is 3.13. The Hall–Kier alpha value is -3.52. The molecule has 0 bridgehead atoms. The van der Waals surface area contributed by atoms with Gasteiger partial charge in [-0.3, -0.25) is 4.98 Å². The minimum absolute atomic E-state index is 0.172. The fourth-order valence-corrected chi connectivity index (χ4v) is 3.35. The Morgan fingerprint density at radius 3 is 2.62 bits per heavy atom. The maximum Gasteiger partial charge on any atom is 0.154 e. The molecule has 0 aliphatic rings. The van der Waals surface area contributed by atoms with Crippen LogP contribution in [0, 0.1) is 13.8 Å². The number of rotatable bonds is 7. The molecular formula is C24H28N6O2. The zero-order chi connectivity index (χ0) is 22.9. The lowest BCUT2D eigenvalue weighted by atomic mass is 10.1. The number of pyridine rings is 2. The summed E-state index contributed by atoms with van der Waals surface area (Å²) in [6, 6.07) is 9.89. The molecule has 2 N–H and O–H groups in total. The van der Waals surface area contributed by atoms with Crippen molar-refractivity contribution in [3.05, 3.63) is 59.9 Å². The summed E-state index contributed by atoms with van der Waals surface area (Å²) in [5.74, 6) is 2.85. The first-order valence-electron chi connectivity index (χ1n) is 10.6. The van der Waals surface area contributed by atoms with Gasteiger partial charge in [0.15, 0.2) is 5.82 Å². The van der Waals surface area contributed by atoms with Crippen molar-refractivity contribution in [3.8, 4) is 16.9 Å². The van der Waals surface area contributed by atoms with Gasteiger partial charge in [0.1, 0.15) is 24.0 Å². The second kappa shape index (κ2) is 8.55. The molecule has 4 rings (SSSR count). The number of anilines is 2. The monoisotopic (exact) mass is 432 g/mol. The Bertz CT molecular complexity index is 1260. The van der Waals surface area contributed by atoms with Crippen LogP contribution in [0.4, 0.5) is 11.6 Å². The van der Waals surface area contributed by atoms with Crippen LogP contribution in [0.5, 0.6) is 5.75 Å². The Kier molecular flexibility index (Phi) is 5.80. The van der Waals surface area contributed by atoms with Crippen LogP contribution in [0.25, 0.3) is 16.6 Å². The first-order valence-corrected chi connectivity index (χ1v) is 10.6. The van der Waals surface area contributed by atoms with Crippen molar-refractivity contribution < 1.29 is 9.84 Å². The third-order valence-corrected chi connectivity index (χ3v) is 4.83. The number of nitrogens with zero attached hydrogens (tertiary/aromatic N) is 5. The molecule has 0 saturated heterocycles. The molecule has 4 heterocycles. The van der Waals surface area contributed by atoms with Crippen molar-refractivity contribution in [2.75, 3.05) is 11.9 Å². The molecular weight excluding hydrogens is 404 g/mol. The molecule has 0 spiro atoms. The first-order chi connectivity index (χ1) is 15.2. The third kappa shape index (κ3) is 5.03. The highest BCUT2D eigenvalue weighted by Gasteiger charge is 2.16. The van der Waals surface area contributed by atoms with E-state index >= 15 is 0 Å². The number of hydrogen-bond acceptors (Lipinski definition) is 7. The highest BCUT2D eigenvalue weighted by atomic mass is 16.5. The molecule has 8 heteroatoms. The van der Waals surface area contributed by atoms with E-state index in [1.54, 1.807) is 20.0 Å². The van der Waals surface area contributed by atoms with E-state index in [9.17, 15) is 5.11 Å². The maximum absolute atomic E-state index is 10.0. The van der Waals surface area contributed by atoms with E-state index in [-0.39, 0.29) is 6.61 Å². The molecule has 0 aliphatic heterocycles. The van der Waals surface area contributed by atoms with Gasteiger partial charge in [-0.05, 0) is 51.5 Å². The van der Waals surface area contributed by atoms with Gasteiger partial charge in [0.2, 0.25) is 0 Å². The van der Waals surface area contributed by atoms with Crippen LogP contribution >= 0.6 is 0 Å². The standard InChI is InChI=1S/C24H28N6O2/c1-6-21-26-16(3)10-22(27-21)28-23-12-18-11-17(7-8-30(18)29-23)19-9-15(2)25-13-20(19)32-14-24(4,5)31/h7-13,31H,6,14H2,1-5H3,(H,26,27,28,29). The Labute approximate surface area is 187 Å². The van der Waals surface area contributed by atoms with Crippen LogP contribution in [0.2, 0.25) is 0 Å². The van der Waals surface area contributed by atoms with Gasteiger partial charge in [-0.15, -0.1) is 0 Å². The van der Waals surface area contributed by atoms with Gasteiger partial charge < -0.3 is 15.2 Å². The maximum atomic E-state index is 10.0. The van der Waals surface area contributed by atoms with Gasteiger partial charge in [0, 0.05) is 41.7 Å². The van der Waals surface area contributed by atoms with Gasteiger partial charge in [0.05, 0.1) is 17.3 Å². The largest absolute Gasteiger partial charge is 0.488 e. The molecule has 32 heavy (non-hydrogen) atoms. The molecule has 166 valence electrons. The minimum atomic E-state index is -0.935. The summed E-state index contributed by atoms with van der Waals surface area (Å²) in [5.41, 5.74) is 3.68. The van der Waals surface area contributed by atoms with E-state index in [1.807, 2.05) is 61.8 Å². The van der Waals surface area contributed by atoms with Gasteiger partial charge in [0.25, 0.3) is 0 Å². The fraction of sp³-hybridized carbons (Fsp3) is 0.333. The predicted molar refractivity (Wildman–Crippen MR) is 124 cm³/mol. The summed E-state index contributed by atoms with van der Waals surface area (Å²) in [7, 11) is 0. The summed E-state index contributed by atoms with van der Waals surface area (Å²) in [6.45, 7) is 9.53. The highest BCUT2D eigenvalue weighted by molar-refractivity contribution is 5.75. The highest BCUT2D eigenvalue weighted by Crippen LogP contribution is 2.32. The summed E-state index contributed by atoms with van der Waals surface area (Å²) in [5, 5.41) is 17.9. The van der Waals surface area contributed by atoms with Crippen molar-refractivity contribution in [2.45, 2.75) is 46.6 Å². The molecule has 0 aromatic carbocycles. The molecule has 0 fully saturated rings. The van der Waals surface area contributed by atoms with Gasteiger partial charge in [-0.1, -0.05) is 6.92 Å². The van der Waals surface area contributed by atoms with E-state index < -0.39 is 5.60 Å². The van der Waals surface area contributed by atoms with Gasteiger partial charge in [-0.25, -0.2) is 14.5 Å². The second-order valence-corrected chi connectivity index (χ2v) is 8.53. The number of aryl methyl sites for hydroxylation is 3. The van der Waals surface area contributed by atoms with Crippen LogP contribution < -0.4 is 10.1 Å². The lowest BCUT2D eigenvalue weighted by molar-refractivity contribution is 0.0286. The number of aliphatic hydroxyl groups is 1. The SMILES string of the molecule is CCc1nc(C)cc(Nc2cc3cc(-c4cc(C)ncc4OCC(C)(C)O)ccn3n2)n1. The number of ether oxygens (including phenoxy) is 1. The summed E-state index contributed by atoms with van der Waals surface area (Å²) in [4.78, 5) is 13.3. The van der Waals surface area contributed by atoms with Crippen LogP contribution in [0.15, 0.2) is 42.7 Å². The van der Waals surface area contributed by atoms with Crippen molar-refractivity contribution in [2.24, 2.45) is 0 Å². The van der Waals surface area contributed by atoms with Crippen molar-refractivity contribution in [1.82, 2.24) is 24.6 Å². The van der Waals surface area contributed by atoms with E-state index in [0.717, 1.165) is 46.1 Å². The molecule has 4 aromatic heterocycles. The smallest absolute Gasteiger partial charge is 0.154 e. The Balaban J connectivity index is 1.65. The number of hydrogen-bond donors (Lipinski definition) is 2. The third-order valence-electron chi connectivity index (χ3n) is 4.83. The molecule has 0 radical (unpaired) electrons. The summed E-state index contributed by atoms with van der Waals surface area (Å²) >= 11 is 0. The molecule has 8 nitrogen and oxygen atoms in total. The topological polar surface area (TPSA) is 97.5 Å². The first kappa shape index (κ1) is 21.7. The van der Waals surface area contributed by atoms with E-state index in [2.05, 4.69) is 25.4 Å². The van der Waals surface area contributed by atoms with Crippen LogP contribution in [0.3, 0.4) is 0 Å². The predicted octanol–water partition coefficient (Wildman–Crippen LogP) is 4.26.